The Kier molecular flexibility index (Phi) is 5.27. The molecule has 3 rings (SSSR count). The molecule has 0 aliphatic rings. The first-order valence-corrected chi connectivity index (χ1v) is 8.04. The number of ether oxygens (including phenoxy) is 1. The Balaban J connectivity index is 1.85. The van der Waals surface area contributed by atoms with Crippen molar-refractivity contribution in [3.05, 3.63) is 95.1 Å². The minimum atomic E-state index is -1.16. The second-order valence-electron chi connectivity index (χ2n) is 5.74. The second kappa shape index (κ2) is 7.78. The SMILES string of the molecule is COc1ccc(NC(=O)c2cccc(F)c2F)cc1Cc1ccccc1. The van der Waals surface area contributed by atoms with E-state index in [1.807, 2.05) is 30.3 Å². The molecule has 3 nitrogen and oxygen atoms in total. The summed E-state index contributed by atoms with van der Waals surface area (Å²) in [7, 11) is 1.57. The number of amides is 1. The number of halogens is 2. The molecular weight excluding hydrogens is 336 g/mol. The van der Waals surface area contributed by atoms with Gasteiger partial charge in [0.05, 0.1) is 12.7 Å². The van der Waals surface area contributed by atoms with Crippen molar-refractivity contribution in [1.29, 1.82) is 0 Å². The number of benzene rings is 3. The number of hydrogen-bond acceptors (Lipinski definition) is 2. The van der Waals surface area contributed by atoms with E-state index in [1.54, 1.807) is 25.3 Å². The topological polar surface area (TPSA) is 38.3 Å². The summed E-state index contributed by atoms with van der Waals surface area (Å²) in [6.45, 7) is 0. The summed E-state index contributed by atoms with van der Waals surface area (Å²) in [6, 6.07) is 18.5. The summed E-state index contributed by atoms with van der Waals surface area (Å²) in [4.78, 5) is 12.3. The highest BCUT2D eigenvalue weighted by Gasteiger charge is 2.16. The monoisotopic (exact) mass is 353 g/mol. The minimum Gasteiger partial charge on any atom is -0.496 e. The van der Waals surface area contributed by atoms with Crippen LogP contribution < -0.4 is 10.1 Å². The van der Waals surface area contributed by atoms with Crippen LogP contribution in [0.2, 0.25) is 0 Å². The standard InChI is InChI=1S/C21H17F2NO2/c1-26-19-11-10-16(13-15(19)12-14-6-3-2-4-7-14)24-21(25)17-8-5-9-18(22)20(17)23/h2-11,13H,12H2,1H3,(H,24,25). The van der Waals surface area contributed by atoms with Crippen LogP contribution in [0.15, 0.2) is 66.7 Å². The van der Waals surface area contributed by atoms with Crippen LogP contribution in [0, 0.1) is 11.6 Å². The molecule has 3 aromatic carbocycles. The van der Waals surface area contributed by atoms with E-state index in [9.17, 15) is 13.6 Å². The lowest BCUT2D eigenvalue weighted by Crippen LogP contribution is -2.14. The third-order valence-corrected chi connectivity index (χ3v) is 3.97. The zero-order chi connectivity index (χ0) is 18.5. The van der Waals surface area contributed by atoms with Gasteiger partial charge in [0.2, 0.25) is 0 Å². The highest BCUT2D eigenvalue weighted by atomic mass is 19.2. The third kappa shape index (κ3) is 3.88. The molecule has 0 aliphatic heterocycles. The lowest BCUT2D eigenvalue weighted by atomic mass is 10.0. The molecule has 26 heavy (non-hydrogen) atoms. The van der Waals surface area contributed by atoms with Crippen molar-refractivity contribution < 1.29 is 18.3 Å². The van der Waals surface area contributed by atoms with E-state index < -0.39 is 17.5 Å². The number of methoxy groups -OCH3 is 1. The van der Waals surface area contributed by atoms with Gasteiger partial charge >= 0.3 is 0 Å². The molecule has 5 heteroatoms. The Hall–Kier alpha value is -3.21. The Morgan fingerprint density at radius 1 is 1.00 bits per heavy atom. The van der Waals surface area contributed by atoms with Crippen LogP contribution in [0.25, 0.3) is 0 Å². The molecule has 0 heterocycles. The van der Waals surface area contributed by atoms with Gasteiger partial charge in [0.15, 0.2) is 11.6 Å². The van der Waals surface area contributed by atoms with Crippen LogP contribution in [0.3, 0.4) is 0 Å². The summed E-state index contributed by atoms with van der Waals surface area (Å²) < 4.78 is 32.5. The van der Waals surface area contributed by atoms with E-state index in [2.05, 4.69) is 5.32 Å². The number of hydrogen-bond donors (Lipinski definition) is 1. The molecule has 0 spiro atoms. The molecule has 0 aromatic heterocycles. The lowest BCUT2D eigenvalue weighted by molar-refractivity contribution is 0.102. The molecule has 3 aromatic rings. The van der Waals surface area contributed by atoms with Crippen molar-refractivity contribution in [2.75, 3.05) is 12.4 Å². The van der Waals surface area contributed by atoms with Gasteiger partial charge in [-0.3, -0.25) is 4.79 Å². The van der Waals surface area contributed by atoms with Crippen molar-refractivity contribution in [3.8, 4) is 5.75 Å². The van der Waals surface area contributed by atoms with Gasteiger partial charge in [-0.2, -0.15) is 0 Å². The van der Waals surface area contributed by atoms with Crippen LogP contribution in [0.4, 0.5) is 14.5 Å². The average molecular weight is 353 g/mol. The van der Waals surface area contributed by atoms with E-state index in [0.717, 1.165) is 17.2 Å². The van der Waals surface area contributed by atoms with Gasteiger partial charge in [-0.05, 0) is 35.9 Å². The van der Waals surface area contributed by atoms with E-state index in [0.29, 0.717) is 17.9 Å². The van der Waals surface area contributed by atoms with Gasteiger partial charge in [-0.1, -0.05) is 36.4 Å². The Morgan fingerprint density at radius 2 is 1.77 bits per heavy atom. The highest BCUT2D eigenvalue weighted by molar-refractivity contribution is 6.04. The summed E-state index contributed by atoms with van der Waals surface area (Å²) >= 11 is 0. The first kappa shape index (κ1) is 17.6. The van der Waals surface area contributed by atoms with Crippen LogP contribution in [0.5, 0.6) is 5.75 Å². The average Bonchev–Trinajstić information content (AvgIpc) is 2.65. The van der Waals surface area contributed by atoms with Gasteiger partial charge in [-0.15, -0.1) is 0 Å². The van der Waals surface area contributed by atoms with E-state index >= 15 is 0 Å². The van der Waals surface area contributed by atoms with Crippen LogP contribution in [0.1, 0.15) is 21.5 Å². The first-order chi connectivity index (χ1) is 12.6. The molecule has 0 unspecified atom stereocenters. The van der Waals surface area contributed by atoms with Crippen LogP contribution >= 0.6 is 0 Å². The van der Waals surface area contributed by atoms with Crippen LogP contribution in [-0.2, 0) is 6.42 Å². The number of rotatable bonds is 5. The quantitative estimate of drug-likeness (QED) is 0.714. The summed E-state index contributed by atoms with van der Waals surface area (Å²) in [5, 5.41) is 2.60. The largest absolute Gasteiger partial charge is 0.496 e. The molecule has 0 bridgehead atoms. The highest BCUT2D eigenvalue weighted by Crippen LogP contribution is 2.26. The summed E-state index contributed by atoms with van der Waals surface area (Å²) in [6.07, 6.45) is 0.613. The smallest absolute Gasteiger partial charge is 0.258 e. The fraction of sp³-hybridized carbons (Fsp3) is 0.0952. The predicted octanol–water partition coefficient (Wildman–Crippen LogP) is 4.82. The summed E-state index contributed by atoms with van der Waals surface area (Å²) in [5.74, 6) is -2.25. The number of carbonyl (C=O) groups excluding carboxylic acids is 1. The molecule has 132 valence electrons. The van der Waals surface area contributed by atoms with Gasteiger partial charge in [0.25, 0.3) is 5.91 Å². The van der Waals surface area contributed by atoms with Crippen LogP contribution in [-0.4, -0.2) is 13.0 Å². The van der Waals surface area contributed by atoms with Gasteiger partial charge < -0.3 is 10.1 Å². The number of nitrogens with one attached hydrogen (secondary N) is 1. The van der Waals surface area contributed by atoms with E-state index in [4.69, 9.17) is 4.74 Å². The summed E-state index contributed by atoms with van der Waals surface area (Å²) in [5.41, 5.74) is 2.09. The van der Waals surface area contributed by atoms with Crippen molar-refractivity contribution in [3.63, 3.8) is 0 Å². The second-order valence-corrected chi connectivity index (χ2v) is 5.74. The maximum absolute atomic E-state index is 13.8. The predicted molar refractivity (Wildman–Crippen MR) is 96.6 cm³/mol. The first-order valence-electron chi connectivity index (χ1n) is 8.04. The molecule has 0 saturated heterocycles. The van der Waals surface area contributed by atoms with Gasteiger partial charge in [0.1, 0.15) is 5.75 Å². The molecule has 0 fully saturated rings. The normalized spacial score (nSPS) is 10.4. The van der Waals surface area contributed by atoms with Crippen molar-refractivity contribution in [2.45, 2.75) is 6.42 Å². The van der Waals surface area contributed by atoms with Crippen molar-refractivity contribution in [2.24, 2.45) is 0 Å². The zero-order valence-corrected chi connectivity index (χ0v) is 14.1. The minimum absolute atomic E-state index is 0.342. The number of anilines is 1. The van der Waals surface area contributed by atoms with E-state index in [1.165, 1.54) is 12.1 Å². The fourth-order valence-corrected chi connectivity index (χ4v) is 2.69. The maximum Gasteiger partial charge on any atom is 0.258 e. The molecular formula is C21H17F2NO2. The Morgan fingerprint density at radius 3 is 2.50 bits per heavy atom. The molecule has 0 saturated carbocycles. The lowest BCUT2D eigenvalue weighted by Gasteiger charge is -2.12. The molecule has 0 atom stereocenters. The van der Waals surface area contributed by atoms with Gasteiger partial charge in [-0.25, -0.2) is 8.78 Å². The zero-order valence-electron chi connectivity index (χ0n) is 14.1. The van der Waals surface area contributed by atoms with Gasteiger partial charge in [0, 0.05) is 17.7 Å². The fourth-order valence-electron chi connectivity index (χ4n) is 2.69. The van der Waals surface area contributed by atoms with E-state index in [-0.39, 0.29) is 5.56 Å². The maximum atomic E-state index is 13.8. The van der Waals surface area contributed by atoms with Crippen molar-refractivity contribution in [1.82, 2.24) is 0 Å². The Bertz CT molecular complexity index is 927. The molecule has 1 N–H and O–H groups in total. The Labute approximate surface area is 150 Å². The molecule has 0 aliphatic carbocycles. The number of carbonyl (C=O) groups is 1. The third-order valence-electron chi connectivity index (χ3n) is 3.97. The molecule has 1 amide bonds. The molecule has 0 radical (unpaired) electrons. The van der Waals surface area contributed by atoms with Crippen molar-refractivity contribution >= 4 is 11.6 Å².